The number of carbonyl (C=O) groups is 1. The first kappa shape index (κ1) is 18.0. The molecular weight excluding hydrogens is 286 g/mol. The van der Waals surface area contributed by atoms with Crippen molar-refractivity contribution in [2.24, 2.45) is 5.92 Å². The Morgan fingerprint density at radius 3 is 2.61 bits per heavy atom. The van der Waals surface area contributed by atoms with E-state index in [4.69, 9.17) is 0 Å². The van der Waals surface area contributed by atoms with Crippen LogP contribution in [0.2, 0.25) is 0 Å². The van der Waals surface area contributed by atoms with Gasteiger partial charge in [0.1, 0.15) is 0 Å². The molecule has 0 aliphatic carbocycles. The minimum atomic E-state index is 0.0940. The minimum absolute atomic E-state index is 0.0940. The van der Waals surface area contributed by atoms with Gasteiger partial charge in [-0.2, -0.15) is 0 Å². The fraction of sp³-hybridized carbons (Fsp3) is 0.632. The monoisotopic (exact) mass is 317 g/mol. The number of nitrogens with zero attached hydrogens (tertiary/aromatic N) is 2. The summed E-state index contributed by atoms with van der Waals surface area (Å²) in [5, 5.41) is 3.13. The summed E-state index contributed by atoms with van der Waals surface area (Å²) in [6, 6.07) is 6.93. The number of hydrogen-bond acceptors (Lipinski definition) is 3. The molecule has 0 unspecified atom stereocenters. The Bertz CT molecular complexity index is 541. The number of likely N-dealkylation sites (N-methyl/N-ethyl adjacent to an activating group) is 2. The molecule has 1 aliphatic heterocycles. The Hall–Kier alpha value is -1.39. The van der Waals surface area contributed by atoms with Crippen molar-refractivity contribution in [2.45, 2.75) is 39.3 Å². The second-order valence-corrected chi connectivity index (χ2v) is 7.25. The average molecular weight is 317 g/mol. The zero-order valence-electron chi connectivity index (χ0n) is 15.2. The summed E-state index contributed by atoms with van der Waals surface area (Å²) >= 11 is 0. The summed E-state index contributed by atoms with van der Waals surface area (Å²) in [6.07, 6.45) is 2.05. The molecule has 128 valence electrons. The number of amides is 1. The van der Waals surface area contributed by atoms with Crippen molar-refractivity contribution >= 4 is 5.91 Å². The number of benzene rings is 1. The second-order valence-electron chi connectivity index (χ2n) is 7.25. The van der Waals surface area contributed by atoms with Gasteiger partial charge < -0.3 is 15.1 Å². The summed E-state index contributed by atoms with van der Waals surface area (Å²) in [6.45, 7) is 6.73. The maximum Gasteiger partial charge on any atom is 0.224 e. The van der Waals surface area contributed by atoms with Crippen LogP contribution >= 0.6 is 0 Å². The molecular formula is C19H31N3O. The van der Waals surface area contributed by atoms with Crippen molar-refractivity contribution in [3.8, 4) is 0 Å². The number of nitrogens with one attached hydrogen (secondary N) is 1. The Labute approximate surface area is 140 Å². The van der Waals surface area contributed by atoms with Gasteiger partial charge in [-0.1, -0.05) is 18.2 Å². The summed E-state index contributed by atoms with van der Waals surface area (Å²) < 4.78 is 0. The predicted molar refractivity (Wildman–Crippen MR) is 95.5 cm³/mol. The van der Waals surface area contributed by atoms with Gasteiger partial charge in [-0.15, -0.1) is 0 Å². The Balaban J connectivity index is 1.90. The second kappa shape index (κ2) is 7.93. The smallest absolute Gasteiger partial charge is 0.224 e. The largest absolute Gasteiger partial charge is 0.352 e. The van der Waals surface area contributed by atoms with E-state index in [1.807, 2.05) is 0 Å². The normalized spacial score (nSPS) is 22.9. The third-order valence-electron chi connectivity index (χ3n) is 5.04. The Morgan fingerprint density at radius 2 is 1.96 bits per heavy atom. The highest BCUT2D eigenvalue weighted by Crippen LogP contribution is 2.19. The van der Waals surface area contributed by atoms with Crippen LogP contribution in [-0.4, -0.2) is 56.0 Å². The number of aryl methyl sites for hydroxylation is 2. The molecule has 1 heterocycles. The topological polar surface area (TPSA) is 35.6 Å². The van der Waals surface area contributed by atoms with Crippen molar-refractivity contribution in [3.05, 3.63) is 34.9 Å². The van der Waals surface area contributed by atoms with E-state index in [0.717, 1.165) is 25.9 Å². The summed E-state index contributed by atoms with van der Waals surface area (Å²) in [4.78, 5) is 17.1. The molecule has 1 aliphatic rings. The molecule has 1 fully saturated rings. The van der Waals surface area contributed by atoms with Crippen LogP contribution in [0.15, 0.2) is 18.2 Å². The first-order chi connectivity index (χ1) is 10.9. The molecule has 1 amide bonds. The van der Waals surface area contributed by atoms with Crippen molar-refractivity contribution in [1.29, 1.82) is 0 Å². The fourth-order valence-electron chi connectivity index (χ4n) is 3.27. The van der Waals surface area contributed by atoms with Crippen molar-refractivity contribution in [3.63, 3.8) is 0 Å². The molecule has 1 saturated heterocycles. The van der Waals surface area contributed by atoms with E-state index < -0.39 is 0 Å². The van der Waals surface area contributed by atoms with E-state index in [0.29, 0.717) is 12.6 Å². The van der Waals surface area contributed by atoms with E-state index in [-0.39, 0.29) is 11.8 Å². The zero-order chi connectivity index (χ0) is 17.0. The molecule has 0 saturated carbocycles. The van der Waals surface area contributed by atoms with Gasteiger partial charge in [0.05, 0.1) is 5.92 Å². The van der Waals surface area contributed by atoms with Crippen molar-refractivity contribution in [2.75, 3.05) is 34.2 Å². The van der Waals surface area contributed by atoms with E-state index in [1.54, 1.807) is 0 Å². The van der Waals surface area contributed by atoms with Crippen molar-refractivity contribution < 1.29 is 4.79 Å². The van der Waals surface area contributed by atoms with E-state index >= 15 is 0 Å². The zero-order valence-corrected chi connectivity index (χ0v) is 15.2. The molecule has 4 nitrogen and oxygen atoms in total. The maximum absolute atomic E-state index is 12.5. The van der Waals surface area contributed by atoms with Gasteiger partial charge >= 0.3 is 0 Å². The van der Waals surface area contributed by atoms with Crippen LogP contribution in [0.4, 0.5) is 0 Å². The lowest BCUT2D eigenvalue weighted by atomic mass is 10.0. The highest BCUT2D eigenvalue weighted by Gasteiger charge is 2.27. The average Bonchev–Trinajstić information content (AvgIpc) is 2.70. The van der Waals surface area contributed by atoms with Crippen LogP contribution in [-0.2, 0) is 11.3 Å². The molecule has 0 spiro atoms. The highest BCUT2D eigenvalue weighted by atomic mass is 16.1. The molecule has 0 aromatic heterocycles. The van der Waals surface area contributed by atoms with Crippen LogP contribution < -0.4 is 5.32 Å². The van der Waals surface area contributed by atoms with E-state index in [9.17, 15) is 4.79 Å². The van der Waals surface area contributed by atoms with Gasteiger partial charge in [-0.25, -0.2) is 0 Å². The first-order valence-electron chi connectivity index (χ1n) is 8.55. The minimum Gasteiger partial charge on any atom is -0.352 e. The summed E-state index contributed by atoms with van der Waals surface area (Å²) in [5.74, 6) is 0.283. The van der Waals surface area contributed by atoms with Crippen LogP contribution in [0.3, 0.4) is 0 Å². The van der Waals surface area contributed by atoms with Gasteiger partial charge in [0, 0.05) is 25.7 Å². The van der Waals surface area contributed by atoms with Crippen LogP contribution in [0.5, 0.6) is 0 Å². The van der Waals surface area contributed by atoms with Gasteiger partial charge in [0.25, 0.3) is 0 Å². The fourth-order valence-corrected chi connectivity index (χ4v) is 3.27. The lowest BCUT2D eigenvalue weighted by Gasteiger charge is -2.25. The van der Waals surface area contributed by atoms with Gasteiger partial charge in [0.2, 0.25) is 5.91 Å². The molecule has 0 radical (unpaired) electrons. The highest BCUT2D eigenvalue weighted by molar-refractivity contribution is 5.78. The molecule has 1 aromatic rings. The molecule has 23 heavy (non-hydrogen) atoms. The summed E-state index contributed by atoms with van der Waals surface area (Å²) in [7, 11) is 6.36. The summed E-state index contributed by atoms with van der Waals surface area (Å²) in [5.41, 5.74) is 3.74. The predicted octanol–water partition coefficient (Wildman–Crippen LogP) is 2.19. The van der Waals surface area contributed by atoms with Crippen LogP contribution in [0.25, 0.3) is 0 Å². The molecule has 1 aromatic carbocycles. The maximum atomic E-state index is 12.5. The molecule has 1 N–H and O–H groups in total. The standard InChI is InChI=1S/C19H31N3O/c1-14-6-7-16(10-15(14)2)11-20-19(23)17-8-9-18(21(3)4)13-22(5)12-17/h6-7,10,17-18H,8-9,11-13H2,1-5H3,(H,20,23)/t17-,18+/m1/s1. The number of likely N-dealkylation sites (tertiary alicyclic amines) is 1. The first-order valence-corrected chi connectivity index (χ1v) is 8.55. The quantitative estimate of drug-likeness (QED) is 0.925. The van der Waals surface area contributed by atoms with Gasteiger partial charge in [-0.05, 0) is 64.5 Å². The Kier molecular flexibility index (Phi) is 6.19. The number of hydrogen-bond donors (Lipinski definition) is 1. The Morgan fingerprint density at radius 1 is 1.22 bits per heavy atom. The molecule has 0 bridgehead atoms. The number of rotatable bonds is 4. The molecule has 4 heteroatoms. The van der Waals surface area contributed by atoms with Gasteiger partial charge in [-0.3, -0.25) is 4.79 Å². The number of carbonyl (C=O) groups excluding carboxylic acids is 1. The van der Waals surface area contributed by atoms with E-state index in [2.05, 4.69) is 68.3 Å². The van der Waals surface area contributed by atoms with Crippen LogP contribution in [0, 0.1) is 19.8 Å². The third-order valence-corrected chi connectivity index (χ3v) is 5.04. The van der Waals surface area contributed by atoms with E-state index in [1.165, 1.54) is 16.7 Å². The van der Waals surface area contributed by atoms with Crippen molar-refractivity contribution in [1.82, 2.24) is 15.1 Å². The van der Waals surface area contributed by atoms with Crippen LogP contribution in [0.1, 0.15) is 29.5 Å². The molecule has 2 rings (SSSR count). The SMILES string of the molecule is Cc1ccc(CNC(=O)[C@@H]2CC[C@H](N(C)C)CN(C)C2)cc1C. The lowest BCUT2D eigenvalue weighted by Crippen LogP contribution is -2.39. The lowest BCUT2D eigenvalue weighted by molar-refractivity contribution is -0.125. The van der Waals surface area contributed by atoms with Gasteiger partial charge in [0.15, 0.2) is 0 Å². The molecule has 2 atom stereocenters. The third kappa shape index (κ3) is 5.05.